The highest BCUT2D eigenvalue weighted by Gasteiger charge is 2.14. The van der Waals surface area contributed by atoms with Crippen molar-refractivity contribution in [1.82, 2.24) is 19.7 Å². The van der Waals surface area contributed by atoms with Crippen LogP contribution in [0.15, 0.2) is 86.9 Å². The molecule has 0 aliphatic rings. The Morgan fingerprint density at radius 2 is 1.78 bits per heavy atom. The molecule has 1 N–H and O–H groups in total. The molecule has 7 nitrogen and oxygen atoms in total. The molecule has 0 saturated carbocycles. The van der Waals surface area contributed by atoms with E-state index in [0.29, 0.717) is 40.3 Å². The third-order valence-corrected chi connectivity index (χ3v) is 5.44. The number of hydrogen-bond donors (Lipinski definition) is 1. The number of aromatic amines is 1. The summed E-state index contributed by atoms with van der Waals surface area (Å²) in [7, 11) is 0. The van der Waals surface area contributed by atoms with E-state index in [1.807, 2.05) is 36.4 Å². The number of benzene rings is 3. The van der Waals surface area contributed by atoms with Gasteiger partial charge in [-0.25, -0.2) is 4.79 Å². The number of H-pyrrole nitrogens is 1. The van der Waals surface area contributed by atoms with E-state index in [0.717, 1.165) is 11.1 Å². The molecule has 0 amide bonds. The van der Waals surface area contributed by atoms with E-state index in [9.17, 15) is 9.59 Å². The number of aromatic nitrogens is 4. The van der Waals surface area contributed by atoms with Gasteiger partial charge in [-0.2, -0.15) is 4.98 Å². The Bertz CT molecular complexity index is 1540. The molecule has 0 radical (unpaired) electrons. The molecule has 2 aromatic heterocycles. The minimum Gasteiger partial charge on any atom is -0.334 e. The maximum Gasteiger partial charge on any atom is 0.328 e. The molecule has 158 valence electrons. The van der Waals surface area contributed by atoms with Crippen LogP contribution in [0.25, 0.3) is 33.7 Å². The Morgan fingerprint density at radius 1 is 0.938 bits per heavy atom. The fourth-order valence-corrected chi connectivity index (χ4v) is 3.75. The second-order valence-electron chi connectivity index (χ2n) is 7.32. The molecule has 0 atom stereocenters. The van der Waals surface area contributed by atoms with Crippen LogP contribution in [0.3, 0.4) is 0 Å². The van der Waals surface area contributed by atoms with Gasteiger partial charge in [0, 0.05) is 22.7 Å². The molecule has 5 aromatic rings. The van der Waals surface area contributed by atoms with Gasteiger partial charge in [-0.1, -0.05) is 59.2 Å². The van der Waals surface area contributed by atoms with Crippen molar-refractivity contribution in [2.24, 2.45) is 0 Å². The van der Waals surface area contributed by atoms with Gasteiger partial charge in [0.2, 0.25) is 5.82 Å². The van der Waals surface area contributed by atoms with Gasteiger partial charge in [-0.3, -0.25) is 9.36 Å². The zero-order valence-corrected chi connectivity index (χ0v) is 17.5. The van der Waals surface area contributed by atoms with Crippen LogP contribution in [0.1, 0.15) is 5.56 Å². The second-order valence-corrected chi connectivity index (χ2v) is 7.75. The number of nitrogens with zero attached hydrogens (tertiary/aromatic N) is 3. The molecule has 0 unspecified atom stereocenters. The van der Waals surface area contributed by atoms with Crippen LogP contribution in [0.2, 0.25) is 5.02 Å². The first-order valence-corrected chi connectivity index (χ1v) is 10.4. The van der Waals surface area contributed by atoms with E-state index in [1.54, 1.807) is 36.4 Å². The Morgan fingerprint density at radius 3 is 2.59 bits per heavy atom. The lowest BCUT2D eigenvalue weighted by molar-refractivity contribution is 0.432. The molecule has 0 aliphatic heterocycles. The summed E-state index contributed by atoms with van der Waals surface area (Å²) in [6.07, 6.45) is 0.585. The molecule has 0 saturated heterocycles. The SMILES string of the molecule is O=c1[nH]c2cc(-c3nc(-c4cccc(Cl)c4)no3)ccc2c(=O)n1CCc1ccccc1. The van der Waals surface area contributed by atoms with Gasteiger partial charge in [0.15, 0.2) is 0 Å². The van der Waals surface area contributed by atoms with E-state index in [-0.39, 0.29) is 11.4 Å². The van der Waals surface area contributed by atoms with Gasteiger partial charge < -0.3 is 9.51 Å². The maximum absolute atomic E-state index is 12.9. The van der Waals surface area contributed by atoms with Crippen molar-refractivity contribution in [2.75, 3.05) is 0 Å². The highest BCUT2D eigenvalue weighted by molar-refractivity contribution is 6.30. The molecule has 0 bridgehead atoms. The quantitative estimate of drug-likeness (QED) is 0.436. The zero-order chi connectivity index (χ0) is 22.1. The first-order chi connectivity index (χ1) is 15.6. The third kappa shape index (κ3) is 3.86. The molecule has 3 aromatic carbocycles. The summed E-state index contributed by atoms with van der Waals surface area (Å²) in [5.41, 5.74) is 1.99. The fraction of sp³-hybridized carbons (Fsp3) is 0.0833. The summed E-state index contributed by atoms with van der Waals surface area (Å²) in [6.45, 7) is 0.294. The van der Waals surface area contributed by atoms with E-state index in [1.165, 1.54) is 4.57 Å². The van der Waals surface area contributed by atoms with Gasteiger partial charge in [0.25, 0.3) is 11.4 Å². The number of fused-ring (bicyclic) bond motifs is 1. The standard InChI is InChI=1S/C24H17ClN4O3/c25-18-8-4-7-16(13-18)21-27-22(32-28-21)17-9-10-19-20(14-17)26-24(31)29(23(19)30)12-11-15-5-2-1-3-6-15/h1-10,13-14H,11-12H2,(H,26,31). The number of nitrogens with one attached hydrogen (secondary N) is 1. The van der Waals surface area contributed by atoms with Gasteiger partial charge in [-0.15, -0.1) is 0 Å². The van der Waals surface area contributed by atoms with E-state index in [4.69, 9.17) is 16.1 Å². The Labute approximate surface area is 186 Å². The number of aryl methyl sites for hydroxylation is 1. The second kappa shape index (κ2) is 8.28. The number of halogens is 1. The van der Waals surface area contributed by atoms with Crippen molar-refractivity contribution in [3.63, 3.8) is 0 Å². The largest absolute Gasteiger partial charge is 0.334 e. The fourth-order valence-electron chi connectivity index (χ4n) is 3.56. The molecular weight excluding hydrogens is 428 g/mol. The zero-order valence-electron chi connectivity index (χ0n) is 16.8. The third-order valence-electron chi connectivity index (χ3n) is 5.20. The predicted molar refractivity (Wildman–Crippen MR) is 123 cm³/mol. The molecule has 2 heterocycles. The average Bonchev–Trinajstić information content (AvgIpc) is 3.30. The summed E-state index contributed by atoms with van der Waals surface area (Å²) < 4.78 is 6.61. The van der Waals surface area contributed by atoms with Crippen LogP contribution in [0.4, 0.5) is 0 Å². The van der Waals surface area contributed by atoms with Crippen LogP contribution in [0.5, 0.6) is 0 Å². The van der Waals surface area contributed by atoms with Gasteiger partial charge in [0.1, 0.15) is 0 Å². The van der Waals surface area contributed by atoms with Crippen molar-refractivity contribution in [3.8, 4) is 22.8 Å². The lowest BCUT2D eigenvalue weighted by atomic mass is 10.1. The normalized spacial score (nSPS) is 11.2. The molecule has 0 fully saturated rings. The highest BCUT2D eigenvalue weighted by atomic mass is 35.5. The van der Waals surface area contributed by atoms with Crippen molar-refractivity contribution < 1.29 is 4.52 Å². The summed E-state index contributed by atoms with van der Waals surface area (Å²) >= 11 is 6.03. The lowest BCUT2D eigenvalue weighted by Gasteiger charge is -2.07. The molecule has 8 heteroatoms. The number of hydrogen-bond acceptors (Lipinski definition) is 5. The summed E-state index contributed by atoms with van der Waals surface area (Å²) in [5.74, 6) is 0.670. The monoisotopic (exact) mass is 444 g/mol. The van der Waals surface area contributed by atoms with Crippen molar-refractivity contribution in [2.45, 2.75) is 13.0 Å². The lowest BCUT2D eigenvalue weighted by Crippen LogP contribution is -2.35. The first-order valence-electron chi connectivity index (χ1n) is 9.99. The Hall–Kier alpha value is -3.97. The van der Waals surface area contributed by atoms with E-state index in [2.05, 4.69) is 15.1 Å². The summed E-state index contributed by atoms with van der Waals surface area (Å²) in [6, 6.07) is 21.9. The van der Waals surface area contributed by atoms with Crippen LogP contribution >= 0.6 is 11.6 Å². The molecule has 32 heavy (non-hydrogen) atoms. The maximum atomic E-state index is 12.9. The van der Waals surface area contributed by atoms with Gasteiger partial charge in [0.05, 0.1) is 10.9 Å². The molecular formula is C24H17ClN4O3. The highest BCUT2D eigenvalue weighted by Crippen LogP contribution is 2.25. The van der Waals surface area contributed by atoms with Crippen molar-refractivity contribution in [3.05, 3.63) is 104 Å². The first kappa shape index (κ1) is 20.0. The summed E-state index contributed by atoms with van der Waals surface area (Å²) in [5, 5.41) is 4.99. The summed E-state index contributed by atoms with van der Waals surface area (Å²) in [4.78, 5) is 32.7. The minimum atomic E-state index is -0.458. The van der Waals surface area contributed by atoms with E-state index < -0.39 is 5.69 Å². The Balaban J connectivity index is 1.47. The van der Waals surface area contributed by atoms with Gasteiger partial charge in [-0.05, 0) is 42.3 Å². The number of rotatable bonds is 5. The molecule has 0 aliphatic carbocycles. The predicted octanol–water partition coefficient (Wildman–Crippen LogP) is 4.30. The smallest absolute Gasteiger partial charge is 0.328 e. The van der Waals surface area contributed by atoms with Crippen LogP contribution in [0, 0.1) is 0 Å². The van der Waals surface area contributed by atoms with Crippen LogP contribution < -0.4 is 11.2 Å². The Kier molecular flexibility index (Phi) is 5.17. The van der Waals surface area contributed by atoms with Crippen molar-refractivity contribution in [1.29, 1.82) is 0 Å². The molecule has 0 spiro atoms. The van der Waals surface area contributed by atoms with Crippen LogP contribution in [-0.4, -0.2) is 19.7 Å². The molecule has 5 rings (SSSR count). The minimum absolute atomic E-state index is 0.274. The van der Waals surface area contributed by atoms with Crippen molar-refractivity contribution >= 4 is 22.5 Å². The van der Waals surface area contributed by atoms with Gasteiger partial charge >= 0.3 is 5.69 Å². The van der Waals surface area contributed by atoms with E-state index >= 15 is 0 Å². The average molecular weight is 445 g/mol. The topological polar surface area (TPSA) is 93.8 Å². The van der Waals surface area contributed by atoms with Crippen LogP contribution in [-0.2, 0) is 13.0 Å².